The number of sulfonamides is 1. The van der Waals surface area contributed by atoms with Crippen molar-refractivity contribution in [2.45, 2.75) is 24.8 Å². The molecule has 2 aromatic carbocycles. The van der Waals surface area contributed by atoms with Crippen LogP contribution in [0.1, 0.15) is 35.9 Å². The van der Waals surface area contributed by atoms with E-state index in [0.717, 1.165) is 6.07 Å². The van der Waals surface area contributed by atoms with E-state index in [1.165, 1.54) is 26.4 Å². The molecule has 0 unspecified atom stereocenters. The molecule has 0 saturated carbocycles. The summed E-state index contributed by atoms with van der Waals surface area (Å²) in [6, 6.07) is 8.64. The maximum Gasteiger partial charge on any atom is 0.339 e. The fraction of sp³-hybridized carbons (Fsp3) is 0.316. The maximum absolute atomic E-state index is 12.9. The summed E-state index contributed by atoms with van der Waals surface area (Å²) in [6.45, 7) is 3.62. The Morgan fingerprint density at radius 3 is 2.29 bits per heavy atom. The average Bonchev–Trinajstić information content (AvgIpc) is 2.66. The van der Waals surface area contributed by atoms with Gasteiger partial charge in [0.1, 0.15) is 5.56 Å². The number of nitrogens with one attached hydrogen (secondary N) is 1. The first-order valence-corrected chi connectivity index (χ1v) is 9.89. The lowest BCUT2D eigenvalue weighted by atomic mass is 9.98. The van der Waals surface area contributed by atoms with Crippen molar-refractivity contribution in [3.8, 4) is 11.5 Å². The largest absolute Gasteiger partial charge is 0.493 e. The van der Waals surface area contributed by atoms with Crippen LogP contribution >= 0.6 is 0 Å². The topological polar surface area (TPSA) is 122 Å². The van der Waals surface area contributed by atoms with Crippen LogP contribution in [0.3, 0.4) is 0 Å². The van der Waals surface area contributed by atoms with Gasteiger partial charge in [0, 0.05) is 11.6 Å². The first-order valence-electron chi connectivity index (χ1n) is 8.41. The van der Waals surface area contributed by atoms with E-state index in [9.17, 15) is 23.4 Å². The Bertz CT molecular complexity index is 970. The number of aliphatic hydroxyl groups is 1. The quantitative estimate of drug-likeness (QED) is 0.613. The third-order valence-corrected chi connectivity index (χ3v) is 5.49. The van der Waals surface area contributed by atoms with Crippen LogP contribution in [-0.4, -0.2) is 38.8 Å². The predicted octanol–water partition coefficient (Wildman–Crippen LogP) is 2.89. The SMILES string of the molecule is COc1cc(S(=O)(=O)Nc2ccccc2[C@H](O)C(C)C)cc(C(=O)O)c1OC. The summed E-state index contributed by atoms with van der Waals surface area (Å²) in [4.78, 5) is 11.2. The van der Waals surface area contributed by atoms with E-state index in [0.29, 0.717) is 5.56 Å². The summed E-state index contributed by atoms with van der Waals surface area (Å²) in [5.74, 6) is -1.60. The van der Waals surface area contributed by atoms with Crippen molar-refractivity contribution in [3.05, 3.63) is 47.5 Å². The van der Waals surface area contributed by atoms with Crippen molar-refractivity contribution in [3.63, 3.8) is 0 Å². The lowest BCUT2D eigenvalue weighted by Gasteiger charge is -2.20. The zero-order valence-corrected chi connectivity index (χ0v) is 16.8. The van der Waals surface area contributed by atoms with E-state index in [1.807, 2.05) is 13.8 Å². The van der Waals surface area contributed by atoms with Gasteiger partial charge in [-0.3, -0.25) is 4.72 Å². The highest BCUT2D eigenvalue weighted by Crippen LogP contribution is 2.35. The van der Waals surface area contributed by atoms with Gasteiger partial charge in [-0.15, -0.1) is 0 Å². The molecule has 8 nitrogen and oxygen atoms in total. The van der Waals surface area contributed by atoms with Crippen LogP contribution in [0.5, 0.6) is 11.5 Å². The summed E-state index contributed by atoms with van der Waals surface area (Å²) in [5.41, 5.74) is 0.271. The van der Waals surface area contributed by atoms with Gasteiger partial charge in [0.2, 0.25) is 0 Å². The maximum atomic E-state index is 12.9. The fourth-order valence-electron chi connectivity index (χ4n) is 2.66. The predicted molar refractivity (Wildman–Crippen MR) is 104 cm³/mol. The number of carbonyl (C=O) groups is 1. The molecule has 0 saturated heterocycles. The van der Waals surface area contributed by atoms with Crippen LogP contribution in [0.4, 0.5) is 5.69 Å². The number of hydrogen-bond acceptors (Lipinski definition) is 6. The van der Waals surface area contributed by atoms with Crippen molar-refractivity contribution in [2.75, 3.05) is 18.9 Å². The fourth-order valence-corrected chi connectivity index (χ4v) is 3.79. The van der Waals surface area contributed by atoms with E-state index < -0.39 is 22.1 Å². The van der Waals surface area contributed by atoms with E-state index >= 15 is 0 Å². The van der Waals surface area contributed by atoms with Crippen molar-refractivity contribution in [1.29, 1.82) is 0 Å². The highest BCUT2D eigenvalue weighted by Gasteiger charge is 2.25. The summed E-state index contributed by atoms with van der Waals surface area (Å²) in [7, 11) is -1.63. The number of hydrogen-bond donors (Lipinski definition) is 3. The number of aliphatic hydroxyl groups excluding tert-OH is 1. The van der Waals surface area contributed by atoms with Gasteiger partial charge in [-0.05, 0) is 18.1 Å². The van der Waals surface area contributed by atoms with E-state index in [1.54, 1.807) is 18.2 Å². The number of aromatic carboxylic acids is 1. The second-order valence-electron chi connectivity index (χ2n) is 6.39. The molecule has 3 N–H and O–H groups in total. The molecule has 0 spiro atoms. The van der Waals surface area contributed by atoms with Gasteiger partial charge in [-0.25, -0.2) is 13.2 Å². The number of carboxylic acid groups (broad SMARTS) is 1. The van der Waals surface area contributed by atoms with Crippen molar-refractivity contribution < 1.29 is 32.9 Å². The monoisotopic (exact) mass is 409 g/mol. The van der Waals surface area contributed by atoms with Crippen LogP contribution in [-0.2, 0) is 10.0 Å². The molecule has 0 heterocycles. The van der Waals surface area contributed by atoms with Gasteiger partial charge in [-0.1, -0.05) is 32.0 Å². The third-order valence-electron chi connectivity index (χ3n) is 4.15. The molecule has 0 aromatic heterocycles. The van der Waals surface area contributed by atoms with Gasteiger partial charge in [0.15, 0.2) is 11.5 Å². The lowest BCUT2D eigenvalue weighted by molar-refractivity contribution is 0.0692. The molecule has 0 aliphatic rings. The molecule has 0 fully saturated rings. The van der Waals surface area contributed by atoms with Gasteiger partial charge in [0.05, 0.1) is 30.9 Å². The lowest BCUT2D eigenvalue weighted by Crippen LogP contribution is -2.17. The number of benzene rings is 2. The third kappa shape index (κ3) is 4.37. The average molecular weight is 409 g/mol. The minimum atomic E-state index is -4.17. The summed E-state index contributed by atoms with van der Waals surface area (Å²) < 4.78 is 38.4. The Morgan fingerprint density at radius 1 is 1.11 bits per heavy atom. The standard InChI is InChI=1S/C19H23NO7S/c1-11(2)17(21)13-7-5-6-8-15(13)20-28(24,25)12-9-14(19(22)23)18(27-4)16(10-12)26-3/h5-11,17,20-21H,1-4H3,(H,22,23)/t17-/m1/s1. The Hall–Kier alpha value is -2.78. The molecule has 0 amide bonds. The number of methoxy groups -OCH3 is 2. The van der Waals surface area contributed by atoms with Crippen molar-refractivity contribution >= 4 is 21.7 Å². The minimum Gasteiger partial charge on any atom is -0.493 e. The molecular weight excluding hydrogens is 386 g/mol. The number of anilines is 1. The highest BCUT2D eigenvalue weighted by molar-refractivity contribution is 7.92. The van der Waals surface area contributed by atoms with Gasteiger partial charge in [-0.2, -0.15) is 0 Å². The van der Waals surface area contributed by atoms with Crippen LogP contribution in [0, 0.1) is 5.92 Å². The normalized spacial score (nSPS) is 12.5. The van der Waals surface area contributed by atoms with Crippen LogP contribution in [0.2, 0.25) is 0 Å². The second-order valence-corrected chi connectivity index (χ2v) is 8.08. The second kappa shape index (κ2) is 8.49. The smallest absolute Gasteiger partial charge is 0.339 e. The van der Waals surface area contributed by atoms with Crippen LogP contribution in [0.25, 0.3) is 0 Å². The highest BCUT2D eigenvalue weighted by atomic mass is 32.2. The zero-order chi connectivity index (χ0) is 21.1. The molecule has 2 aromatic rings. The summed E-state index contributed by atoms with van der Waals surface area (Å²) in [6.07, 6.45) is -0.876. The zero-order valence-electron chi connectivity index (χ0n) is 16.0. The molecule has 0 aliphatic carbocycles. The first-order chi connectivity index (χ1) is 13.1. The molecule has 1 atom stereocenters. The van der Waals surface area contributed by atoms with Gasteiger partial charge in [0.25, 0.3) is 10.0 Å². The first kappa shape index (κ1) is 21.5. The van der Waals surface area contributed by atoms with Gasteiger partial charge < -0.3 is 19.7 Å². The van der Waals surface area contributed by atoms with E-state index in [-0.39, 0.29) is 33.6 Å². The molecule has 0 aliphatic heterocycles. The molecule has 0 bridgehead atoms. The van der Waals surface area contributed by atoms with Crippen LogP contribution < -0.4 is 14.2 Å². The molecule has 0 radical (unpaired) electrons. The Morgan fingerprint density at radius 2 is 1.75 bits per heavy atom. The Labute approximate surface area is 163 Å². The minimum absolute atomic E-state index is 0.0294. The number of rotatable bonds is 8. The number of carboxylic acids is 1. The molecule has 152 valence electrons. The van der Waals surface area contributed by atoms with Crippen molar-refractivity contribution in [2.24, 2.45) is 5.92 Å². The van der Waals surface area contributed by atoms with E-state index in [2.05, 4.69) is 4.72 Å². The number of ether oxygens (including phenoxy) is 2. The molecule has 2 rings (SSSR count). The van der Waals surface area contributed by atoms with E-state index in [4.69, 9.17) is 9.47 Å². The molecule has 28 heavy (non-hydrogen) atoms. The molecule has 9 heteroatoms. The Balaban J connectivity index is 2.55. The summed E-state index contributed by atoms with van der Waals surface area (Å²) >= 11 is 0. The molecular formula is C19H23NO7S. The summed E-state index contributed by atoms with van der Waals surface area (Å²) in [5, 5.41) is 19.8. The van der Waals surface area contributed by atoms with Crippen molar-refractivity contribution in [1.82, 2.24) is 0 Å². The Kier molecular flexibility index (Phi) is 6.52. The number of para-hydroxylation sites is 1. The van der Waals surface area contributed by atoms with Gasteiger partial charge >= 0.3 is 5.97 Å². The van der Waals surface area contributed by atoms with Crippen LogP contribution in [0.15, 0.2) is 41.3 Å².